The summed E-state index contributed by atoms with van der Waals surface area (Å²) in [6.07, 6.45) is 0. The molecule has 1 fully saturated rings. The molecule has 0 aromatic heterocycles. The van der Waals surface area contributed by atoms with Gasteiger partial charge in [0.2, 0.25) is 10.0 Å². The van der Waals surface area contributed by atoms with E-state index >= 15 is 0 Å². The van der Waals surface area contributed by atoms with Crippen LogP contribution in [-0.4, -0.2) is 54.6 Å². The second-order valence-corrected chi connectivity index (χ2v) is 9.92. The summed E-state index contributed by atoms with van der Waals surface area (Å²) in [6, 6.07) is 10.3. The number of hydrogen-bond donors (Lipinski definition) is 1. The molecule has 152 valence electrons. The second-order valence-electron chi connectivity index (χ2n) is 6.30. The third-order valence-corrected chi connectivity index (χ3v) is 7.64. The van der Waals surface area contributed by atoms with Crippen LogP contribution in [0, 0.1) is 6.92 Å². The van der Waals surface area contributed by atoms with E-state index in [1.54, 1.807) is 12.1 Å². The molecule has 1 aliphatic heterocycles. The molecule has 0 aliphatic carbocycles. The van der Waals surface area contributed by atoms with Crippen LogP contribution in [0.5, 0.6) is 5.75 Å². The van der Waals surface area contributed by atoms with Crippen LogP contribution < -0.4 is 9.46 Å². The van der Waals surface area contributed by atoms with E-state index in [2.05, 4.69) is 4.72 Å². The van der Waals surface area contributed by atoms with Gasteiger partial charge in [-0.25, -0.2) is 16.8 Å². The third-order valence-electron chi connectivity index (χ3n) is 4.34. The minimum atomic E-state index is -3.91. The topological polar surface area (TPSA) is 102 Å². The van der Waals surface area contributed by atoms with Crippen LogP contribution in [0.1, 0.15) is 5.56 Å². The van der Waals surface area contributed by atoms with Crippen molar-refractivity contribution in [3.8, 4) is 5.75 Å². The van der Waals surface area contributed by atoms with Crippen molar-refractivity contribution < 1.29 is 26.3 Å². The zero-order chi connectivity index (χ0) is 20.4. The van der Waals surface area contributed by atoms with Gasteiger partial charge in [-0.05, 0) is 48.9 Å². The van der Waals surface area contributed by atoms with Crippen molar-refractivity contribution in [1.82, 2.24) is 4.31 Å². The standard InChI is InChI=1S/C18H22N2O6S2/c1-14-3-8-18(25-2)17(13-14)19-27(21,22)15-4-6-16(7-5-15)28(23,24)20-9-11-26-12-10-20/h3-8,13,19H,9-12H2,1-2H3. The fraction of sp³-hybridized carbons (Fsp3) is 0.333. The molecule has 1 N–H and O–H groups in total. The van der Waals surface area contributed by atoms with Crippen LogP contribution in [-0.2, 0) is 24.8 Å². The molecule has 8 nitrogen and oxygen atoms in total. The Morgan fingerprint density at radius 3 is 2.18 bits per heavy atom. The molecule has 2 aromatic rings. The third kappa shape index (κ3) is 4.30. The molecule has 28 heavy (non-hydrogen) atoms. The first-order valence-corrected chi connectivity index (χ1v) is 11.5. The highest BCUT2D eigenvalue weighted by Gasteiger charge is 2.27. The van der Waals surface area contributed by atoms with Crippen LogP contribution in [0.25, 0.3) is 0 Å². The number of nitrogens with zero attached hydrogens (tertiary/aromatic N) is 1. The Morgan fingerprint density at radius 1 is 0.964 bits per heavy atom. The zero-order valence-electron chi connectivity index (χ0n) is 15.6. The number of benzene rings is 2. The van der Waals surface area contributed by atoms with Crippen LogP contribution in [0.3, 0.4) is 0 Å². The number of morpholine rings is 1. The Kier molecular flexibility index (Phi) is 5.94. The van der Waals surface area contributed by atoms with Gasteiger partial charge in [-0.1, -0.05) is 6.07 Å². The Morgan fingerprint density at radius 2 is 1.57 bits per heavy atom. The molecule has 10 heteroatoms. The first-order valence-electron chi connectivity index (χ1n) is 8.59. The number of methoxy groups -OCH3 is 1. The summed E-state index contributed by atoms with van der Waals surface area (Å²) >= 11 is 0. The lowest BCUT2D eigenvalue weighted by atomic mass is 10.2. The predicted molar refractivity (Wildman–Crippen MR) is 105 cm³/mol. The summed E-state index contributed by atoms with van der Waals surface area (Å²) in [5, 5.41) is 0. The molecule has 1 aliphatic rings. The first-order chi connectivity index (χ1) is 13.2. The number of nitrogens with one attached hydrogen (secondary N) is 1. The number of hydrogen-bond acceptors (Lipinski definition) is 6. The maximum Gasteiger partial charge on any atom is 0.262 e. The second kappa shape index (κ2) is 8.08. The van der Waals surface area contributed by atoms with Crippen LogP contribution in [0.15, 0.2) is 52.3 Å². The fourth-order valence-electron chi connectivity index (χ4n) is 2.83. The Balaban J connectivity index is 1.85. The largest absolute Gasteiger partial charge is 0.495 e. The molecule has 2 aromatic carbocycles. The highest BCUT2D eigenvalue weighted by molar-refractivity contribution is 7.92. The molecule has 0 saturated carbocycles. The van der Waals surface area contributed by atoms with E-state index in [-0.39, 0.29) is 22.9 Å². The van der Waals surface area contributed by atoms with Crippen molar-refractivity contribution in [3.63, 3.8) is 0 Å². The van der Waals surface area contributed by atoms with Gasteiger partial charge in [0.1, 0.15) is 5.75 Å². The average Bonchev–Trinajstić information content (AvgIpc) is 2.69. The van der Waals surface area contributed by atoms with Crippen molar-refractivity contribution in [1.29, 1.82) is 0 Å². The molecule has 0 amide bonds. The molecule has 0 atom stereocenters. The Hall–Kier alpha value is -2.14. The van der Waals surface area contributed by atoms with Crippen LogP contribution >= 0.6 is 0 Å². The van der Waals surface area contributed by atoms with E-state index in [1.165, 1.54) is 35.7 Å². The molecule has 0 spiro atoms. The molecular formula is C18H22N2O6S2. The first kappa shape index (κ1) is 20.6. The van der Waals surface area contributed by atoms with Gasteiger partial charge in [0.15, 0.2) is 0 Å². The lowest BCUT2D eigenvalue weighted by molar-refractivity contribution is 0.0730. The van der Waals surface area contributed by atoms with E-state index in [9.17, 15) is 16.8 Å². The lowest BCUT2D eigenvalue weighted by Crippen LogP contribution is -2.40. The van der Waals surface area contributed by atoms with Gasteiger partial charge >= 0.3 is 0 Å². The zero-order valence-corrected chi connectivity index (χ0v) is 17.2. The van der Waals surface area contributed by atoms with Crippen molar-refractivity contribution in [2.75, 3.05) is 38.1 Å². The number of ether oxygens (including phenoxy) is 2. The number of sulfonamides is 2. The normalized spacial score (nSPS) is 15.9. The van der Waals surface area contributed by atoms with E-state index in [4.69, 9.17) is 9.47 Å². The predicted octanol–water partition coefficient (Wildman–Crippen LogP) is 1.83. The fourth-order valence-corrected chi connectivity index (χ4v) is 5.30. The Labute approximate surface area is 165 Å². The minimum Gasteiger partial charge on any atom is -0.495 e. The summed E-state index contributed by atoms with van der Waals surface area (Å²) in [5.74, 6) is 0.390. The number of anilines is 1. The van der Waals surface area contributed by atoms with Crippen molar-refractivity contribution in [2.24, 2.45) is 0 Å². The molecule has 0 bridgehead atoms. The maximum atomic E-state index is 12.7. The highest BCUT2D eigenvalue weighted by Crippen LogP contribution is 2.28. The van der Waals surface area contributed by atoms with Gasteiger partial charge in [0, 0.05) is 13.1 Å². The lowest BCUT2D eigenvalue weighted by Gasteiger charge is -2.26. The molecule has 1 saturated heterocycles. The summed E-state index contributed by atoms with van der Waals surface area (Å²) in [4.78, 5) is -0.00141. The van der Waals surface area contributed by atoms with Gasteiger partial charge in [-0.3, -0.25) is 4.72 Å². The summed E-state index contributed by atoms with van der Waals surface area (Å²) in [5.41, 5.74) is 1.18. The van der Waals surface area contributed by atoms with Crippen molar-refractivity contribution >= 4 is 25.7 Å². The van der Waals surface area contributed by atoms with Crippen molar-refractivity contribution in [3.05, 3.63) is 48.0 Å². The minimum absolute atomic E-state index is 0.0430. The summed E-state index contributed by atoms with van der Waals surface area (Å²) in [7, 11) is -6.14. The van der Waals surface area contributed by atoms with E-state index in [0.717, 1.165) is 5.56 Å². The maximum absolute atomic E-state index is 12.7. The monoisotopic (exact) mass is 426 g/mol. The van der Waals surface area contributed by atoms with Gasteiger partial charge < -0.3 is 9.47 Å². The average molecular weight is 427 g/mol. The van der Waals surface area contributed by atoms with E-state index in [1.807, 2.05) is 13.0 Å². The van der Waals surface area contributed by atoms with Gasteiger partial charge in [0.05, 0.1) is 35.8 Å². The van der Waals surface area contributed by atoms with Crippen LogP contribution in [0.4, 0.5) is 5.69 Å². The van der Waals surface area contributed by atoms with Crippen LogP contribution in [0.2, 0.25) is 0 Å². The smallest absolute Gasteiger partial charge is 0.262 e. The Bertz CT molecular complexity index is 1040. The summed E-state index contributed by atoms with van der Waals surface area (Å²) < 4.78 is 64.9. The molecule has 0 radical (unpaired) electrons. The number of aryl methyl sites for hydroxylation is 1. The van der Waals surface area contributed by atoms with Gasteiger partial charge in [-0.15, -0.1) is 0 Å². The van der Waals surface area contributed by atoms with Gasteiger partial charge in [0.25, 0.3) is 10.0 Å². The number of rotatable bonds is 6. The molecule has 3 rings (SSSR count). The van der Waals surface area contributed by atoms with Crippen molar-refractivity contribution in [2.45, 2.75) is 16.7 Å². The van der Waals surface area contributed by atoms with E-state index in [0.29, 0.717) is 24.7 Å². The van der Waals surface area contributed by atoms with Gasteiger partial charge in [-0.2, -0.15) is 4.31 Å². The molecule has 1 heterocycles. The SMILES string of the molecule is COc1ccc(C)cc1NS(=O)(=O)c1ccc(S(=O)(=O)N2CCOCC2)cc1. The van der Waals surface area contributed by atoms with E-state index < -0.39 is 20.0 Å². The quantitative estimate of drug-likeness (QED) is 0.756. The summed E-state index contributed by atoms with van der Waals surface area (Å²) in [6.45, 7) is 3.07. The highest BCUT2D eigenvalue weighted by atomic mass is 32.2. The molecular weight excluding hydrogens is 404 g/mol. The molecule has 0 unspecified atom stereocenters.